The van der Waals surface area contributed by atoms with Crippen LogP contribution >= 0.6 is 23.2 Å². The number of carboxylic acids is 1. The Morgan fingerprint density at radius 2 is 1.85 bits per heavy atom. The zero-order valence-electron chi connectivity index (χ0n) is 10.5. The quantitative estimate of drug-likeness (QED) is 0.833. The number of benzene rings is 2. The summed E-state index contributed by atoms with van der Waals surface area (Å²) in [5.74, 6) is -0.964. The van der Waals surface area contributed by atoms with Crippen molar-refractivity contribution in [3.8, 4) is 0 Å². The number of carboxylic acid groups (broad SMARTS) is 1. The summed E-state index contributed by atoms with van der Waals surface area (Å²) >= 11 is 11.9. The number of hydrogen-bond acceptors (Lipinski definition) is 1. The number of halogens is 2. The highest BCUT2D eigenvalue weighted by atomic mass is 35.5. The molecule has 2 nitrogen and oxygen atoms in total. The van der Waals surface area contributed by atoms with Gasteiger partial charge in [0.2, 0.25) is 0 Å². The lowest BCUT2D eigenvalue weighted by molar-refractivity contribution is -0.131. The van der Waals surface area contributed by atoms with Gasteiger partial charge in [-0.1, -0.05) is 53.5 Å². The second-order valence-corrected chi connectivity index (χ2v) is 5.11. The molecule has 0 unspecified atom stereocenters. The summed E-state index contributed by atoms with van der Waals surface area (Å²) in [6, 6.07) is 13.1. The van der Waals surface area contributed by atoms with Crippen LogP contribution in [0.5, 0.6) is 0 Å². The molecular formula is C16H12Cl2O2. The monoisotopic (exact) mass is 306 g/mol. The topological polar surface area (TPSA) is 37.3 Å². The Hall–Kier alpha value is -1.77. The average molecular weight is 307 g/mol. The van der Waals surface area contributed by atoms with Crippen LogP contribution in [0, 0.1) is 0 Å². The molecule has 0 spiro atoms. The third kappa shape index (κ3) is 3.86. The van der Waals surface area contributed by atoms with Gasteiger partial charge in [0.1, 0.15) is 0 Å². The minimum atomic E-state index is -0.964. The Balaban J connectivity index is 2.29. The summed E-state index contributed by atoms with van der Waals surface area (Å²) in [6.45, 7) is 0. The van der Waals surface area contributed by atoms with E-state index >= 15 is 0 Å². The molecule has 0 bridgehead atoms. The van der Waals surface area contributed by atoms with E-state index in [0.29, 0.717) is 16.5 Å². The van der Waals surface area contributed by atoms with Crippen molar-refractivity contribution in [3.05, 3.63) is 75.3 Å². The SMILES string of the molecule is O=C(O)/C=C/c1ccccc1Cc1ccc(Cl)c(Cl)c1. The molecule has 1 N–H and O–H groups in total. The maximum atomic E-state index is 10.6. The van der Waals surface area contributed by atoms with Crippen LogP contribution in [0.2, 0.25) is 10.0 Å². The van der Waals surface area contributed by atoms with E-state index in [1.165, 1.54) is 0 Å². The largest absolute Gasteiger partial charge is 0.478 e. The maximum Gasteiger partial charge on any atom is 0.328 e. The fourth-order valence-corrected chi connectivity index (χ4v) is 2.21. The molecule has 0 aliphatic rings. The van der Waals surface area contributed by atoms with Crippen LogP contribution < -0.4 is 0 Å². The van der Waals surface area contributed by atoms with Crippen LogP contribution in [-0.4, -0.2) is 11.1 Å². The van der Waals surface area contributed by atoms with E-state index in [1.807, 2.05) is 36.4 Å². The summed E-state index contributed by atoms with van der Waals surface area (Å²) in [5, 5.41) is 9.74. The lowest BCUT2D eigenvalue weighted by atomic mass is 9.99. The first-order chi connectivity index (χ1) is 9.56. The highest BCUT2D eigenvalue weighted by molar-refractivity contribution is 6.42. The molecular weight excluding hydrogens is 295 g/mol. The van der Waals surface area contributed by atoms with Gasteiger partial charge < -0.3 is 5.11 Å². The van der Waals surface area contributed by atoms with Crippen LogP contribution in [0.15, 0.2) is 48.5 Å². The molecule has 2 rings (SSSR count). The molecule has 0 heterocycles. The zero-order valence-corrected chi connectivity index (χ0v) is 12.0. The normalized spacial score (nSPS) is 10.9. The highest BCUT2D eigenvalue weighted by Crippen LogP contribution is 2.24. The first-order valence-corrected chi connectivity index (χ1v) is 6.74. The lowest BCUT2D eigenvalue weighted by Crippen LogP contribution is -1.93. The van der Waals surface area contributed by atoms with Crippen molar-refractivity contribution in [1.29, 1.82) is 0 Å². The molecule has 2 aromatic carbocycles. The standard InChI is InChI=1S/C16H12Cl2O2/c17-14-7-5-11(10-15(14)18)9-13-4-2-1-3-12(13)6-8-16(19)20/h1-8,10H,9H2,(H,19,20)/b8-6+. The third-order valence-electron chi connectivity index (χ3n) is 2.84. The Labute approximate surface area is 127 Å². The van der Waals surface area contributed by atoms with Gasteiger partial charge >= 0.3 is 5.97 Å². The molecule has 0 saturated carbocycles. The van der Waals surface area contributed by atoms with Crippen LogP contribution in [0.3, 0.4) is 0 Å². The first kappa shape index (κ1) is 14.6. The fraction of sp³-hybridized carbons (Fsp3) is 0.0625. The second-order valence-electron chi connectivity index (χ2n) is 4.30. The van der Waals surface area contributed by atoms with Crippen LogP contribution in [0.25, 0.3) is 6.08 Å². The van der Waals surface area contributed by atoms with Crippen molar-refractivity contribution in [2.24, 2.45) is 0 Å². The molecule has 0 aromatic heterocycles. The number of carbonyl (C=O) groups is 1. The molecule has 2 aromatic rings. The van der Waals surface area contributed by atoms with E-state index in [2.05, 4.69) is 0 Å². The summed E-state index contributed by atoms with van der Waals surface area (Å²) in [4.78, 5) is 10.6. The van der Waals surface area contributed by atoms with Gasteiger partial charge in [-0.25, -0.2) is 4.79 Å². The molecule has 0 aliphatic carbocycles. The van der Waals surface area contributed by atoms with Gasteiger partial charge in [0.15, 0.2) is 0 Å². The van der Waals surface area contributed by atoms with Gasteiger partial charge in [-0.2, -0.15) is 0 Å². The van der Waals surface area contributed by atoms with E-state index in [9.17, 15) is 4.79 Å². The molecule has 4 heteroatoms. The lowest BCUT2D eigenvalue weighted by Gasteiger charge is -2.07. The van der Waals surface area contributed by atoms with Crippen molar-refractivity contribution < 1.29 is 9.90 Å². The number of hydrogen-bond donors (Lipinski definition) is 1. The number of rotatable bonds is 4. The van der Waals surface area contributed by atoms with Crippen LogP contribution in [0.1, 0.15) is 16.7 Å². The van der Waals surface area contributed by atoms with Crippen LogP contribution in [0.4, 0.5) is 0 Å². The molecule has 0 aliphatic heterocycles. The van der Waals surface area contributed by atoms with E-state index in [4.69, 9.17) is 28.3 Å². The van der Waals surface area contributed by atoms with E-state index in [-0.39, 0.29) is 0 Å². The van der Waals surface area contributed by atoms with Crippen molar-refractivity contribution in [2.75, 3.05) is 0 Å². The predicted molar refractivity (Wildman–Crippen MR) is 82.4 cm³/mol. The fourth-order valence-electron chi connectivity index (χ4n) is 1.89. The van der Waals surface area contributed by atoms with Gasteiger partial charge in [0, 0.05) is 6.08 Å². The summed E-state index contributed by atoms with van der Waals surface area (Å²) in [7, 11) is 0. The Morgan fingerprint density at radius 3 is 2.55 bits per heavy atom. The van der Waals surface area contributed by atoms with Gasteiger partial charge in [0.25, 0.3) is 0 Å². The van der Waals surface area contributed by atoms with Crippen molar-refractivity contribution in [3.63, 3.8) is 0 Å². The van der Waals surface area contributed by atoms with Crippen LogP contribution in [-0.2, 0) is 11.2 Å². The van der Waals surface area contributed by atoms with Crippen molar-refractivity contribution in [2.45, 2.75) is 6.42 Å². The Morgan fingerprint density at radius 1 is 1.10 bits per heavy atom. The maximum absolute atomic E-state index is 10.6. The van der Waals surface area contributed by atoms with E-state index in [1.54, 1.807) is 12.1 Å². The summed E-state index contributed by atoms with van der Waals surface area (Å²) in [6.07, 6.45) is 3.39. The van der Waals surface area contributed by atoms with E-state index < -0.39 is 5.97 Å². The van der Waals surface area contributed by atoms with Gasteiger partial charge in [-0.05, 0) is 41.3 Å². The summed E-state index contributed by atoms with van der Waals surface area (Å²) < 4.78 is 0. The first-order valence-electron chi connectivity index (χ1n) is 5.99. The van der Waals surface area contributed by atoms with Crippen molar-refractivity contribution in [1.82, 2.24) is 0 Å². The van der Waals surface area contributed by atoms with Gasteiger partial charge in [-0.3, -0.25) is 0 Å². The number of aliphatic carboxylic acids is 1. The summed E-state index contributed by atoms with van der Waals surface area (Å²) in [5.41, 5.74) is 2.93. The molecule has 0 amide bonds. The van der Waals surface area contributed by atoms with Gasteiger partial charge in [0.05, 0.1) is 10.0 Å². The highest BCUT2D eigenvalue weighted by Gasteiger charge is 2.04. The Bertz CT molecular complexity index is 663. The minimum absolute atomic E-state index is 0.516. The molecule has 102 valence electrons. The average Bonchev–Trinajstić information content (AvgIpc) is 2.42. The molecule has 0 radical (unpaired) electrons. The Kier molecular flexibility index (Phi) is 4.83. The van der Waals surface area contributed by atoms with Gasteiger partial charge in [-0.15, -0.1) is 0 Å². The van der Waals surface area contributed by atoms with E-state index in [0.717, 1.165) is 22.8 Å². The predicted octanol–water partition coefficient (Wildman–Crippen LogP) is 4.68. The zero-order chi connectivity index (χ0) is 14.5. The molecule has 0 atom stereocenters. The third-order valence-corrected chi connectivity index (χ3v) is 3.58. The second kappa shape index (κ2) is 6.60. The molecule has 0 fully saturated rings. The molecule has 20 heavy (non-hydrogen) atoms. The smallest absolute Gasteiger partial charge is 0.328 e. The van der Waals surface area contributed by atoms with Crippen molar-refractivity contribution >= 4 is 35.2 Å². The molecule has 0 saturated heterocycles. The minimum Gasteiger partial charge on any atom is -0.478 e.